The van der Waals surface area contributed by atoms with Crippen molar-refractivity contribution in [2.45, 2.75) is 38.9 Å². The smallest absolute Gasteiger partial charge is 0.398 e. The number of benzene rings is 1. The van der Waals surface area contributed by atoms with Gasteiger partial charge in [0.05, 0.1) is 32.1 Å². The van der Waals surface area contributed by atoms with Crippen LogP contribution in [0.5, 0.6) is 0 Å². The van der Waals surface area contributed by atoms with Crippen molar-refractivity contribution in [3.05, 3.63) is 42.4 Å². The summed E-state index contributed by atoms with van der Waals surface area (Å²) in [7, 11) is -1.00. The minimum absolute atomic E-state index is 0.0189. The molecule has 0 aliphatic carbocycles. The molecule has 0 spiro atoms. The number of aromatic nitrogens is 2. The van der Waals surface area contributed by atoms with Gasteiger partial charge in [0.1, 0.15) is 0 Å². The van der Waals surface area contributed by atoms with Crippen LogP contribution in [0.4, 0.5) is 0 Å². The Balaban J connectivity index is 2.17. The zero-order chi connectivity index (χ0) is 20.5. The van der Waals surface area contributed by atoms with Gasteiger partial charge in [-0.3, -0.25) is 0 Å². The maximum absolute atomic E-state index is 8.20. The van der Waals surface area contributed by atoms with E-state index in [2.05, 4.69) is 5.10 Å². The first-order valence-corrected chi connectivity index (χ1v) is 6.29. The van der Waals surface area contributed by atoms with Gasteiger partial charge in [0.15, 0.2) is 0 Å². The van der Waals surface area contributed by atoms with Gasteiger partial charge in [-0.1, -0.05) is 18.1 Å². The number of nitrogens with zero attached hydrogens (tertiary/aromatic N) is 2. The Labute approximate surface area is 129 Å². The molecule has 5 heteroatoms. The fourth-order valence-electron chi connectivity index (χ4n) is 1.78. The van der Waals surface area contributed by atoms with Crippen LogP contribution in [0.2, 0.25) is 0 Å². The van der Waals surface area contributed by atoms with Gasteiger partial charge in [-0.15, -0.1) is 0 Å². The largest absolute Gasteiger partial charge is 0.516 e. The van der Waals surface area contributed by atoms with Crippen LogP contribution < -0.4 is 5.59 Å². The highest BCUT2D eigenvalue weighted by Gasteiger charge is 2.52. The molecule has 1 fully saturated rings. The Morgan fingerprint density at radius 1 is 1.05 bits per heavy atom. The molecule has 2 heterocycles. The maximum Gasteiger partial charge on any atom is 0.516 e. The zero-order valence-electron chi connectivity index (χ0n) is 18.8. The molecule has 1 aromatic heterocycles. The average Bonchev–Trinajstić information content (AvgIpc) is 2.97. The third kappa shape index (κ3) is 2.17. The number of hydrogen-bond donors (Lipinski definition) is 0. The highest BCUT2D eigenvalue weighted by molar-refractivity contribution is 6.61. The fourth-order valence-corrected chi connectivity index (χ4v) is 1.78. The highest BCUT2D eigenvalue weighted by Crippen LogP contribution is 2.36. The molecule has 2 aromatic rings. The van der Waals surface area contributed by atoms with E-state index in [1.54, 1.807) is 0 Å². The van der Waals surface area contributed by atoms with Gasteiger partial charge in [0.25, 0.3) is 0 Å². The first-order chi connectivity index (χ1) is 12.3. The topological polar surface area (TPSA) is 36.3 Å². The lowest BCUT2D eigenvalue weighted by molar-refractivity contribution is 0.00578. The molecule has 0 bridgehead atoms. The van der Waals surface area contributed by atoms with Gasteiger partial charge in [0, 0.05) is 6.17 Å². The molecule has 0 unspecified atom stereocenters. The Morgan fingerprint density at radius 2 is 1.65 bits per heavy atom. The Hall–Kier alpha value is -1.59. The molecular formula is C15H19BN2O2. The number of rotatable bonds is 2. The van der Waals surface area contributed by atoms with Crippen molar-refractivity contribution in [2.75, 3.05) is 0 Å². The molecular weight excluding hydrogens is 251 g/mol. The molecule has 0 saturated carbocycles. The lowest BCUT2D eigenvalue weighted by atomic mass is 9.85. The van der Waals surface area contributed by atoms with E-state index < -0.39 is 54.7 Å². The summed E-state index contributed by atoms with van der Waals surface area (Å²) in [5, 5.41) is 4.15. The number of para-hydroxylation sites is 1. The highest BCUT2D eigenvalue weighted by atomic mass is 16.7. The van der Waals surface area contributed by atoms with Crippen LogP contribution in [0.3, 0.4) is 0 Å². The molecule has 4 nitrogen and oxygen atoms in total. The Morgan fingerprint density at radius 3 is 2.25 bits per heavy atom. The second-order valence-corrected chi connectivity index (χ2v) is 5.60. The predicted octanol–water partition coefficient (Wildman–Crippen LogP) is 2.17. The van der Waals surface area contributed by atoms with Crippen molar-refractivity contribution >= 4 is 12.7 Å². The van der Waals surface area contributed by atoms with Gasteiger partial charge in [-0.05, 0) is 45.8 Å². The molecule has 0 N–H and O–H groups in total. The van der Waals surface area contributed by atoms with Crippen LogP contribution in [-0.2, 0) is 9.31 Å². The van der Waals surface area contributed by atoms with E-state index in [4.69, 9.17) is 18.9 Å². The molecule has 1 aromatic carbocycles. The van der Waals surface area contributed by atoms with E-state index in [9.17, 15) is 0 Å². The normalized spacial score (nSPS) is 25.2. The summed E-state index contributed by atoms with van der Waals surface area (Å²) in [6.45, 7) is 7.35. The molecule has 0 amide bonds. The van der Waals surface area contributed by atoms with Gasteiger partial charge >= 0.3 is 7.12 Å². The first-order valence-electron chi connectivity index (χ1n) is 9.79. The van der Waals surface area contributed by atoms with Gasteiger partial charge < -0.3 is 9.31 Å². The molecule has 1 saturated heterocycles. The summed E-state index contributed by atoms with van der Waals surface area (Å²) in [4.78, 5) is 0. The third-order valence-corrected chi connectivity index (χ3v) is 3.67. The summed E-state index contributed by atoms with van der Waals surface area (Å²) < 4.78 is 68.3. The SMILES string of the molecule is [2H]c1c([2H])c([2H])c(-n2nc(B3OC(C)(C)C(C)(C)O3)c([2H])c2[2H])c([2H])c1[2H]. The van der Waals surface area contributed by atoms with E-state index in [1.807, 2.05) is 27.7 Å². The van der Waals surface area contributed by atoms with Crippen molar-refractivity contribution in [1.29, 1.82) is 0 Å². The lowest BCUT2D eigenvalue weighted by Gasteiger charge is -2.32. The van der Waals surface area contributed by atoms with Crippen LogP contribution in [0, 0.1) is 0 Å². The molecule has 20 heavy (non-hydrogen) atoms. The molecule has 104 valence electrons. The number of hydrogen-bond acceptors (Lipinski definition) is 3. The average molecular weight is 277 g/mol. The van der Waals surface area contributed by atoms with Crippen molar-refractivity contribution in [3.8, 4) is 5.69 Å². The summed E-state index contributed by atoms with van der Waals surface area (Å²) in [6, 6.07) is -2.91. The minimum Gasteiger partial charge on any atom is -0.398 e. The predicted molar refractivity (Wildman–Crippen MR) is 79.3 cm³/mol. The van der Waals surface area contributed by atoms with Crippen LogP contribution in [-0.4, -0.2) is 28.1 Å². The van der Waals surface area contributed by atoms with Crippen LogP contribution in [0.15, 0.2) is 42.4 Å². The Bertz CT molecular complexity index is 900. The zero-order valence-corrected chi connectivity index (χ0v) is 11.8. The van der Waals surface area contributed by atoms with Crippen molar-refractivity contribution in [2.24, 2.45) is 0 Å². The molecule has 0 radical (unpaired) electrons. The van der Waals surface area contributed by atoms with E-state index in [0.29, 0.717) is 0 Å². The second kappa shape index (κ2) is 4.47. The van der Waals surface area contributed by atoms with E-state index in [-0.39, 0.29) is 17.3 Å². The second-order valence-electron chi connectivity index (χ2n) is 5.60. The summed E-state index contributed by atoms with van der Waals surface area (Å²) in [6.07, 6.45) is -0.418. The van der Waals surface area contributed by atoms with E-state index in [0.717, 1.165) is 4.68 Å². The maximum atomic E-state index is 8.20. The van der Waals surface area contributed by atoms with Crippen molar-refractivity contribution in [1.82, 2.24) is 9.78 Å². The minimum atomic E-state index is -1.00. The van der Waals surface area contributed by atoms with Crippen molar-refractivity contribution in [3.63, 3.8) is 0 Å². The van der Waals surface area contributed by atoms with Crippen LogP contribution in [0.25, 0.3) is 5.69 Å². The van der Waals surface area contributed by atoms with E-state index in [1.165, 1.54) is 0 Å². The summed E-state index contributed by atoms with van der Waals surface area (Å²) in [5.41, 5.74) is -1.62. The monoisotopic (exact) mass is 277 g/mol. The van der Waals surface area contributed by atoms with Gasteiger partial charge in [-0.2, -0.15) is 5.10 Å². The van der Waals surface area contributed by atoms with Crippen LogP contribution in [0.1, 0.15) is 37.3 Å². The van der Waals surface area contributed by atoms with E-state index >= 15 is 0 Å². The van der Waals surface area contributed by atoms with Gasteiger partial charge in [0.2, 0.25) is 0 Å². The summed E-state index contributed by atoms with van der Waals surface area (Å²) >= 11 is 0. The molecule has 3 rings (SSSR count). The fraction of sp³-hybridized carbons (Fsp3) is 0.400. The first kappa shape index (κ1) is 7.43. The van der Waals surface area contributed by atoms with Gasteiger partial charge in [-0.25, -0.2) is 4.68 Å². The standard InChI is InChI=1S/C15H19BN2O2/c1-14(2)15(3,4)20-16(19-14)13-10-11-18(17-13)12-8-6-5-7-9-12/h5-11H,1-4H3/i5D,6D,7D,8D,9D,10D,11D. The lowest BCUT2D eigenvalue weighted by Crippen LogP contribution is -2.41. The molecule has 1 aliphatic heterocycles. The molecule has 1 aliphatic rings. The third-order valence-electron chi connectivity index (χ3n) is 3.67. The summed E-state index contributed by atoms with van der Waals surface area (Å²) in [5.74, 6) is 0. The van der Waals surface area contributed by atoms with Crippen LogP contribution >= 0.6 is 0 Å². The quantitative estimate of drug-likeness (QED) is 0.789. The van der Waals surface area contributed by atoms with Crippen molar-refractivity contribution < 1.29 is 18.9 Å². The molecule has 0 atom stereocenters. The Kier molecular flexibility index (Phi) is 1.66.